The molecule has 2 aromatic carbocycles. The highest BCUT2D eigenvalue weighted by atomic mass is 32.1. The largest absolute Gasteiger partial charge is 0.396 e. The molecule has 128 valence electrons. The molecule has 0 bridgehead atoms. The number of halogens is 1. The van der Waals surface area contributed by atoms with Crippen molar-refractivity contribution in [3.63, 3.8) is 0 Å². The smallest absolute Gasteiger partial charge is 0.321 e. The van der Waals surface area contributed by atoms with Crippen LogP contribution in [0.2, 0.25) is 0 Å². The molecule has 3 aromatic rings. The highest BCUT2D eigenvalue weighted by Crippen LogP contribution is 2.35. The van der Waals surface area contributed by atoms with Crippen LogP contribution in [0, 0.1) is 11.7 Å². The average molecular weight is 357 g/mol. The number of nitrogens with one attached hydrogen (secondary N) is 1. The SMILES string of the molecule is O=C(Nc1ccc(F)cc1-c1nc2ccccc2s1)N1CC(CO)C1. The highest BCUT2D eigenvalue weighted by Gasteiger charge is 2.30. The lowest BCUT2D eigenvalue weighted by Gasteiger charge is -2.38. The molecule has 1 aliphatic rings. The fourth-order valence-corrected chi connectivity index (χ4v) is 3.83. The summed E-state index contributed by atoms with van der Waals surface area (Å²) < 4.78 is 14.8. The molecule has 0 spiro atoms. The van der Waals surface area contributed by atoms with Gasteiger partial charge in [-0.15, -0.1) is 11.3 Å². The Morgan fingerprint density at radius 1 is 1.32 bits per heavy atom. The number of para-hydroxylation sites is 1. The summed E-state index contributed by atoms with van der Waals surface area (Å²) in [5, 5.41) is 12.6. The lowest BCUT2D eigenvalue weighted by atomic mass is 10.0. The van der Waals surface area contributed by atoms with E-state index in [0.717, 1.165) is 10.2 Å². The number of aliphatic hydroxyl groups excluding tert-OH is 1. The number of aliphatic hydroxyl groups is 1. The molecule has 1 fully saturated rings. The van der Waals surface area contributed by atoms with Gasteiger partial charge in [0, 0.05) is 31.2 Å². The van der Waals surface area contributed by atoms with Gasteiger partial charge >= 0.3 is 6.03 Å². The molecular formula is C18H16FN3O2S. The molecule has 25 heavy (non-hydrogen) atoms. The van der Waals surface area contributed by atoms with Gasteiger partial charge in [-0.25, -0.2) is 14.2 Å². The average Bonchev–Trinajstić information content (AvgIpc) is 2.99. The Morgan fingerprint density at radius 2 is 2.12 bits per heavy atom. The Labute approximate surface area is 147 Å². The van der Waals surface area contributed by atoms with Crippen LogP contribution in [0.15, 0.2) is 42.5 Å². The monoisotopic (exact) mass is 357 g/mol. The third kappa shape index (κ3) is 3.08. The lowest BCUT2D eigenvalue weighted by Crippen LogP contribution is -2.52. The molecule has 7 heteroatoms. The number of anilines is 1. The first-order chi connectivity index (χ1) is 12.1. The van der Waals surface area contributed by atoms with Crippen molar-refractivity contribution in [1.82, 2.24) is 9.88 Å². The number of aromatic nitrogens is 1. The number of thiazole rings is 1. The maximum absolute atomic E-state index is 13.8. The molecule has 2 heterocycles. The van der Waals surface area contributed by atoms with Gasteiger partial charge in [0.1, 0.15) is 10.8 Å². The molecule has 0 unspecified atom stereocenters. The van der Waals surface area contributed by atoms with Gasteiger partial charge in [-0.3, -0.25) is 0 Å². The van der Waals surface area contributed by atoms with E-state index < -0.39 is 0 Å². The Balaban J connectivity index is 1.63. The number of hydrogen-bond acceptors (Lipinski definition) is 4. The standard InChI is InChI=1S/C18H16FN3O2S/c19-12-5-6-14(21-18(24)22-8-11(9-22)10-23)13(7-12)17-20-15-3-1-2-4-16(15)25-17/h1-7,11,23H,8-10H2,(H,21,24). The van der Waals surface area contributed by atoms with Crippen molar-refractivity contribution in [2.24, 2.45) is 5.92 Å². The van der Waals surface area contributed by atoms with Crippen molar-refractivity contribution in [2.75, 3.05) is 25.0 Å². The molecule has 5 nitrogen and oxygen atoms in total. The van der Waals surface area contributed by atoms with E-state index in [2.05, 4.69) is 10.3 Å². The van der Waals surface area contributed by atoms with E-state index in [4.69, 9.17) is 5.11 Å². The molecule has 2 N–H and O–H groups in total. The molecule has 0 atom stereocenters. The van der Waals surface area contributed by atoms with E-state index in [1.807, 2.05) is 24.3 Å². The topological polar surface area (TPSA) is 65.5 Å². The number of carbonyl (C=O) groups is 1. The molecule has 0 saturated carbocycles. The minimum absolute atomic E-state index is 0.0806. The fraction of sp³-hybridized carbons (Fsp3) is 0.222. The third-order valence-corrected chi connectivity index (χ3v) is 5.32. The molecule has 1 aliphatic heterocycles. The van der Waals surface area contributed by atoms with Crippen LogP contribution in [0.5, 0.6) is 0 Å². The fourth-order valence-electron chi connectivity index (χ4n) is 2.84. The number of likely N-dealkylation sites (tertiary alicyclic amines) is 1. The maximum atomic E-state index is 13.8. The van der Waals surface area contributed by atoms with Crippen LogP contribution in [-0.4, -0.2) is 40.7 Å². The molecule has 0 aliphatic carbocycles. The van der Waals surface area contributed by atoms with Crippen LogP contribution in [-0.2, 0) is 0 Å². The van der Waals surface area contributed by atoms with Crippen LogP contribution < -0.4 is 5.32 Å². The maximum Gasteiger partial charge on any atom is 0.321 e. The van der Waals surface area contributed by atoms with Gasteiger partial charge in [-0.2, -0.15) is 0 Å². The Kier molecular flexibility index (Phi) is 4.10. The van der Waals surface area contributed by atoms with E-state index in [1.54, 1.807) is 11.0 Å². The van der Waals surface area contributed by atoms with Crippen LogP contribution in [0.25, 0.3) is 20.8 Å². The van der Waals surface area contributed by atoms with Gasteiger partial charge in [-0.1, -0.05) is 12.1 Å². The predicted molar refractivity (Wildman–Crippen MR) is 96.2 cm³/mol. The van der Waals surface area contributed by atoms with Crippen molar-refractivity contribution < 1.29 is 14.3 Å². The number of hydrogen-bond donors (Lipinski definition) is 2. The van der Waals surface area contributed by atoms with E-state index in [9.17, 15) is 9.18 Å². The van der Waals surface area contributed by atoms with Crippen LogP contribution in [0.4, 0.5) is 14.9 Å². The van der Waals surface area contributed by atoms with Crippen LogP contribution >= 0.6 is 11.3 Å². The summed E-state index contributed by atoms with van der Waals surface area (Å²) in [6, 6.07) is 11.7. The highest BCUT2D eigenvalue weighted by molar-refractivity contribution is 7.21. The summed E-state index contributed by atoms with van der Waals surface area (Å²) in [6.07, 6.45) is 0. The summed E-state index contributed by atoms with van der Waals surface area (Å²) in [5.74, 6) is -0.237. The summed E-state index contributed by atoms with van der Waals surface area (Å²) in [7, 11) is 0. The summed E-state index contributed by atoms with van der Waals surface area (Å²) in [4.78, 5) is 18.5. The number of carbonyl (C=O) groups excluding carboxylic acids is 1. The number of benzene rings is 2. The van der Waals surface area contributed by atoms with Crippen LogP contribution in [0.1, 0.15) is 0 Å². The molecule has 2 amide bonds. The van der Waals surface area contributed by atoms with E-state index in [1.165, 1.54) is 23.5 Å². The van der Waals surface area contributed by atoms with Crippen molar-refractivity contribution in [1.29, 1.82) is 0 Å². The molecule has 0 radical (unpaired) electrons. The number of amides is 2. The minimum atomic E-state index is -0.378. The Morgan fingerprint density at radius 3 is 2.88 bits per heavy atom. The second kappa shape index (κ2) is 6.42. The minimum Gasteiger partial charge on any atom is -0.396 e. The summed E-state index contributed by atoms with van der Waals surface area (Å²) in [6.45, 7) is 1.14. The second-order valence-corrected chi connectivity index (χ2v) is 7.09. The normalized spacial score (nSPS) is 14.6. The van der Waals surface area contributed by atoms with Gasteiger partial charge in [-0.05, 0) is 30.3 Å². The van der Waals surface area contributed by atoms with Crippen molar-refractivity contribution >= 4 is 33.3 Å². The molecule has 1 aromatic heterocycles. The van der Waals surface area contributed by atoms with Gasteiger partial charge in [0.25, 0.3) is 0 Å². The zero-order chi connectivity index (χ0) is 17.4. The summed E-state index contributed by atoms with van der Waals surface area (Å²) in [5.41, 5.74) is 1.93. The van der Waals surface area contributed by atoms with Crippen LogP contribution in [0.3, 0.4) is 0 Å². The van der Waals surface area contributed by atoms with Crippen molar-refractivity contribution in [3.05, 3.63) is 48.3 Å². The van der Waals surface area contributed by atoms with E-state index >= 15 is 0 Å². The van der Waals surface area contributed by atoms with Gasteiger partial charge in [0.15, 0.2) is 0 Å². The second-order valence-electron chi connectivity index (χ2n) is 6.06. The lowest BCUT2D eigenvalue weighted by molar-refractivity contribution is 0.0838. The van der Waals surface area contributed by atoms with E-state index in [-0.39, 0.29) is 24.4 Å². The first-order valence-corrected chi connectivity index (χ1v) is 8.78. The number of fused-ring (bicyclic) bond motifs is 1. The number of urea groups is 1. The Bertz CT molecular complexity index is 904. The van der Waals surface area contributed by atoms with Crippen molar-refractivity contribution in [2.45, 2.75) is 0 Å². The first-order valence-electron chi connectivity index (χ1n) is 7.96. The zero-order valence-corrected chi connectivity index (χ0v) is 14.1. The summed E-state index contributed by atoms with van der Waals surface area (Å²) >= 11 is 1.46. The predicted octanol–water partition coefficient (Wildman–Crippen LogP) is 3.56. The Hall–Kier alpha value is -2.51. The van der Waals surface area contributed by atoms with Gasteiger partial charge in [0.2, 0.25) is 0 Å². The number of nitrogens with zero attached hydrogens (tertiary/aromatic N) is 2. The quantitative estimate of drug-likeness (QED) is 0.753. The van der Waals surface area contributed by atoms with Gasteiger partial charge in [0.05, 0.1) is 15.9 Å². The third-order valence-electron chi connectivity index (χ3n) is 4.25. The first kappa shape index (κ1) is 16.0. The van der Waals surface area contributed by atoms with E-state index in [0.29, 0.717) is 29.3 Å². The molecular weight excluding hydrogens is 341 g/mol. The number of rotatable bonds is 3. The van der Waals surface area contributed by atoms with Crippen molar-refractivity contribution in [3.8, 4) is 10.6 Å². The van der Waals surface area contributed by atoms with Gasteiger partial charge < -0.3 is 15.3 Å². The molecule has 1 saturated heterocycles. The molecule has 4 rings (SSSR count). The zero-order valence-electron chi connectivity index (χ0n) is 13.3.